The molecule has 0 spiro atoms. The third-order valence-corrected chi connectivity index (χ3v) is 2.06. The molecule has 0 aliphatic rings. The Labute approximate surface area is 87.9 Å². The number of hydrogen-bond donors (Lipinski definition) is 0. The van der Waals surface area contributed by atoms with Crippen LogP contribution in [-0.2, 0) is 11.3 Å². The minimum atomic E-state index is 0.361. The normalized spacial score (nSPS) is 11.7. The zero-order valence-corrected chi connectivity index (χ0v) is 8.55. The van der Waals surface area contributed by atoms with Crippen molar-refractivity contribution in [3.63, 3.8) is 0 Å². The SMILES string of the molecule is Cl/C=C(\Cl)COCc1ccccc1. The van der Waals surface area contributed by atoms with E-state index in [0.717, 1.165) is 5.56 Å². The molecule has 0 N–H and O–H groups in total. The van der Waals surface area contributed by atoms with Gasteiger partial charge in [-0.1, -0.05) is 53.5 Å². The van der Waals surface area contributed by atoms with Crippen molar-refractivity contribution >= 4 is 23.2 Å². The van der Waals surface area contributed by atoms with E-state index in [-0.39, 0.29) is 0 Å². The maximum Gasteiger partial charge on any atom is 0.0836 e. The highest BCUT2D eigenvalue weighted by Gasteiger charge is 1.93. The summed E-state index contributed by atoms with van der Waals surface area (Å²) in [5.74, 6) is 0. The van der Waals surface area contributed by atoms with Crippen LogP contribution in [0.4, 0.5) is 0 Å². The summed E-state index contributed by atoms with van der Waals surface area (Å²) < 4.78 is 5.29. The van der Waals surface area contributed by atoms with Gasteiger partial charge in [0.15, 0.2) is 0 Å². The van der Waals surface area contributed by atoms with E-state index in [9.17, 15) is 0 Å². The van der Waals surface area contributed by atoms with Crippen LogP contribution in [0.3, 0.4) is 0 Å². The number of rotatable bonds is 4. The molecule has 0 aliphatic carbocycles. The lowest BCUT2D eigenvalue weighted by molar-refractivity contribution is 0.146. The lowest BCUT2D eigenvalue weighted by atomic mass is 10.2. The first kappa shape index (κ1) is 10.6. The largest absolute Gasteiger partial charge is 0.371 e. The average Bonchev–Trinajstić information content (AvgIpc) is 2.19. The first-order valence-electron chi connectivity index (χ1n) is 3.89. The fourth-order valence-electron chi connectivity index (χ4n) is 0.872. The molecule has 0 fully saturated rings. The molecular weight excluding hydrogens is 207 g/mol. The molecule has 1 rings (SSSR count). The molecule has 0 aliphatic heterocycles. The van der Waals surface area contributed by atoms with E-state index in [2.05, 4.69) is 0 Å². The summed E-state index contributed by atoms with van der Waals surface area (Å²) in [5.41, 5.74) is 2.44. The Morgan fingerprint density at radius 2 is 2.00 bits per heavy atom. The smallest absolute Gasteiger partial charge is 0.0836 e. The molecule has 1 aromatic carbocycles. The van der Waals surface area contributed by atoms with Crippen molar-refractivity contribution in [1.29, 1.82) is 0 Å². The number of hydrogen-bond acceptors (Lipinski definition) is 1. The molecule has 70 valence electrons. The topological polar surface area (TPSA) is 9.23 Å². The number of halogens is 2. The second-order valence-electron chi connectivity index (χ2n) is 2.53. The van der Waals surface area contributed by atoms with Gasteiger partial charge in [-0.05, 0) is 5.56 Å². The second-order valence-corrected chi connectivity index (χ2v) is 3.24. The maximum atomic E-state index is 5.64. The molecule has 0 unspecified atom stereocenters. The molecule has 13 heavy (non-hydrogen) atoms. The van der Waals surface area contributed by atoms with Gasteiger partial charge in [0.25, 0.3) is 0 Å². The first-order chi connectivity index (χ1) is 6.33. The summed E-state index contributed by atoms with van der Waals surface area (Å²) in [6.07, 6.45) is 0. The molecule has 3 heteroatoms. The fraction of sp³-hybridized carbons (Fsp3) is 0.200. The maximum absolute atomic E-state index is 5.64. The Balaban J connectivity index is 2.28. The highest BCUT2D eigenvalue weighted by molar-refractivity contribution is 6.36. The van der Waals surface area contributed by atoms with Crippen molar-refractivity contribution in [3.05, 3.63) is 46.5 Å². The molecule has 0 saturated heterocycles. The van der Waals surface area contributed by atoms with Crippen molar-refractivity contribution in [2.45, 2.75) is 6.61 Å². The van der Waals surface area contributed by atoms with E-state index in [0.29, 0.717) is 18.2 Å². The van der Waals surface area contributed by atoms with Crippen molar-refractivity contribution in [2.24, 2.45) is 0 Å². The Kier molecular flexibility index (Phi) is 4.91. The molecule has 0 radical (unpaired) electrons. The van der Waals surface area contributed by atoms with Crippen molar-refractivity contribution < 1.29 is 4.74 Å². The second kappa shape index (κ2) is 6.03. The Morgan fingerprint density at radius 1 is 1.31 bits per heavy atom. The van der Waals surface area contributed by atoms with Crippen LogP contribution in [-0.4, -0.2) is 6.61 Å². The third-order valence-electron chi connectivity index (χ3n) is 1.47. The van der Waals surface area contributed by atoms with Crippen LogP contribution >= 0.6 is 23.2 Å². The monoisotopic (exact) mass is 216 g/mol. The standard InChI is InChI=1S/C10H10Cl2O/c11-6-10(12)8-13-7-9-4-2-1-3-5-9/h1-6H,7-8H2/b10-6-. The predicted octanol–water partition coefficient (Wildman–Crippen LogP) is 3.52. The summed E-state index contributed by atoms with van der Waals surface area (Å²) in [7, 11) is 0. The first-order valence-corrected chi connectivity index (χ1v) is 4.71. The van der Waals surface area contributed by atoms with Crippen LogP contribution in [0, 0.1) is 0 Å². The van der Waals surface area contributed by atoms with Crippen LogP contribution in [0.15, 0.2) is 40.9 Å². The van der Waals surface area contributed by atoms with Gasteiger partial charge >= 0.3 is 0 Å². The highest BCUT2D eigenvalue weighted by atomic mass is 35.5. The Hall–Kier alpha value is -0.500. The van der Waals surface area contributed by atoms with Crippen LogP contribution in [0.2, 0.25) is 0 Å². The molecular formula is C10H10Cl2O. The zero-order valence-electron chi connectivity index (χ0n) is 7.04. The van der Waals surface area contributed by atoms with E-state index >= 15 is 0 Å². The molecule has 0 heterocycles. The van der Waals surface area contributed by atoms with Gasteiger partial charge in [-0.25, -0.2) is 0 Å². The van der Waals surface area contributed by atoms with Crippen LogP contribution in [0.25, 0.3) is 0 Å². The van der Waals surface area contributed by atoms with Crippen molar-refractivity contribution in [3.8, 4) is 0 Å². The van der Waals surface area contributed by atoms with Crippen molar-refractivity contribution in [1.82, 2.24) is 0 Å². The summed E-state index contributed by atoms with van der Waals surface area (Å²) in [5, 5.41) is 0.512. The summed E-state index contributed by atoms with van der Waals surface area (Å²) in [6.45, 7) is 0.918. The van der Waals surface area contributed by atoms with Gasteiger partial charge in [0.2, 0.25) is 0 Å². The minimum Gasteiger partial charge on any atom is -0.371 e. The summed E-state index contributed by atoms with van der Waals surface area (Å²) in [6, 6.07) is 9.90. The molecule has 1 aromatic rings. The zero-order chi connectivity index (χ0) is 9.52. The van der Waals surface area contributed by atoms with Gasteiger partial charge in [0.1, 0.15) is 0 Å². The predicted molar refractivity (Wildman–Crippen MR) is 55.9 cm³/mol. The van der Waals surface area contributed by atoms with E-state index in [1.807, 2.05) is 30.3 Å². The molecule has 0 bridgehead atoms. The Morgan fingerprint density at radius 3 is 2.62 bits per heavy atom. The third kappa shape index (κ3) is 4.32. The van der Waals surface area contributed by atoms with E-state index in [1.54, 1.807) is 0 Å². The molecule has 1 nitrogen and oxygen atoms in total. The van der Waals surface area contributed by atoms with Gasteiger partial charge in [-0.2, -0.15) is 0 Å². The van der Waals surface area contributed by atoms with Crippen molar-refractivity contribution in [2.75, 3.05) is 6.61 Å². The van der Waals surface area contributed by atoms with Gasteiger partial charge in [-0.15, -0.1) is 0 Å². The Bertz CT molecular complexity index is 270. The van der Waals surface area contributed by atoms with Gasteiger partial charge in [-0.3, -0.25) is 0 Å². The van der Waals surface area contributed by atoms with Gasteiger partial charge in [0.05, 0.1) is 18.2 Å². The van der Waals surface area contributed by atoms with Crippen LogP contribution in [0.1, 0.15) is 5.56 Å². The minimum absolute atomic E-state index is 0.361. The van der Waals surface area contributed by atoms with Crippen LogP contribution in [0.5, 0.6) is 0 Å². The van der Waals surface area contributed by atoms with E-state index in [4.69, 9.17) is 27.9 Å². The van der Waals surface area contributed by atoms with Crippen LogP contribution < -0.4 is 0 Å². The highest BCUT2D eigenvalue weighted by Crippen LogP contribution is 2.06. The average molecular weight is 217 g/mol. The van der Waals surface area contributed by atoms with Gasteiger partial charge in [0, 0.05) is 5.54 Å². The lowest BCUT2D eigenvalue weighted by Gasteiger charge is -2.02. The summed E-state index contributed by atoms with van der Waals surface area (Å²) in [4.78, 5) is 0. The molecule has 0 atom stereocenters. The number of ether oxygens (including phenoxy) is 1. The molecule has 0 saturated carbocycles. The lowest BCUT2D eigenvalue weighted by Crippen LogP contribution is -1.94. The van der Waals surface area contributed by atoms with E-state index < -0.39 is 0 Å². The fourth-order valence-corrected chi connectivity index (χ4v) is 1.01. The number of benzene rings is 1. The quantitative estimate of drug-likeness (QED) is 0.749. The van der Waals surface area contributed by atoms with Gasteiger partial charge < -0.3 is 4.74 Å². The molecule has 0 aromatic heterocycles. The molecule has 0 amide bonds. The summed E-state index contributed by atoms with van der Waals surface area (Å²) >= 11 is 11.0. The van der Waals surface area contributed by atoms with E-state index in [1.165, 1.54) is 5.54 Å².